The van der Waals surface area contributed by atoms with Crippen molar-refractivity contribution in [2.75, 3.05) is 32.7 Å². The van der Waals surface area contributed by atoms with Gasteiger partial charge in [-0.15, -0.1) is 0 Å². The molecule has 2 atom stereocenters. The van der Waals surface area contributed by atoms with Crippen LogP contribution in [0.4, 0.5) is 0 Å². The van der Waals surface area contributed by atoms with Gasteiger partial charge in [-0.2, -0.15) is 11.8 Å². The van der Waals surface area contributed by atoms with Crippen molar-refractivity contribution in [3.8, 4) is 0 Å². The molecule has 2 heterocycles. The average molecular weight is 288 g/mol. The van der Waals surface area contributed by atoms with Crippen molar-refractivity contribution in [1.82, 2.24) is 0 Å². The van der Waals surface area contributed by atoms with Gasteiger partial charge in [-0.05, 0) is 25.7 Å². The highest BCUT2D eigenvalue weighted by atomic mass is 32.2. The van der Waals surface area contributed by atoms with Crippen LogP contribution in [0.25, 0.3) is 0 Å². The van der Waals surface area contributed by atoms with Gasteiger partial charge in [0.15, 0.2) is 0 Å². The predicted octanol–water partition coefficient (Wildman–Crippen LogP) is 2.26. The molecule has 19 heavy (non-hydrogen) atoms. The Morgan fingerprint density at radius 3 is 2.84 bits per heavy atom. The number of carbonyl (C=O) groups is 1. The fourth-order valence-corrected chi connectivity index (χ4v) is 4.15. The lowest BCUT2D eigenvalue weighted by atomic mass is 9.86. The van der Waals surface area contributed by atoms with E-state index in [1.807, 2.05) is 18.7 Å². The monoisotopic (exact) mass is 288 g/mol. The summed E-state index contributed by atoms with van der Waals surface area (Å²) in [5, 5.41) is 0.596. The second kappa shape index (κ2) is 6.95. The van der Waals surface area contributed by atoms with Gasteiger partial charge in [0.05, 0.1) is 18.6 Å². The molecule has 2 unspecified atom stereocenters. The van der Waals surface area contributed by atoms with E-state index in [4.69, 9.17) is 14.2 Å². The van der Waals surface area contributed by atoms with Crippen molar-refractivity contribution in [1.29, 1.82) is 0 Å². The molecule has 0 aromatic carbocycles. The normalized spacial score (nSPS) is 28.0. The zero-order valence-corrected chi connectivity index (χ0v) is 12.7. The smallest absolute Gasteiger partial charge is 0.309 e. The van der Waals surface area contributed by atoms with Crippen LogP contribution >= 0.6 is 11.8 Å². The molecule has 1 spiro atoms. The lowest BCUT2D eigenvalue weighted by Crippen LogP contribution is -2.45. The van der Waals surface area contributed by atoms with Crippen molar-refractivity contribution in [2.45, 2.75) is 43.5 Å². The molecule has 5 heteroatoms. The highest BCUT2D eigenvalue weighted by Crippen LogP contribution is 2.38. The maximum absolute atomic E-state index is 11.4. The predicted molar refractivity (Wildman–Crippen MR) is 75.4 cm³/mol. The SMILES string of the molecule is COC(=O)C(C)CSC1CCOC2(CCOCC2)C1. The first kappa shape index (κ1) is 15.1. The third-order valence-corrected chi connectivity index (χ3v) is 5.60. The van der Waals surface area contributed by atoms with Gasteiger partial charge in [0, 0.05) is 30.8 Å². The molecule has 2 aliphatic heterocycles. The van der Waals surface area contributed by atoms with E-state index in [9.17, 15) is 4.79 Å². The Morgan fingerprint density at radius 2 is 2.16 bits per heavy atom. The van der Waals surface area contributed by atoms with Gasteiger partial charge in [0.1, 0.15) is 0 Å². The molecule has 2 aliphatic rings. The highest BCUT2D eigenvalue weighted by Gasteiger charge is 2.39. The molecule has 0 amide bonds. The summed E-state index contributed by atoms with van der Waals surface area (Å²) in [6.45, 7) is 4.40. The van der Waals surface area contributed by atoms with Crippen molar-refractivity contribution in [3.63, 3.8) is 0 Å². The molecule has 0 saturated carbocycles. The van der Waals surface area contributed by atoms with E-state index >= 15 is 0 Å². The van der Waals surface area contributed by atoms with Crippen molar-refractivity contribution >= 4 is 17.7 Å². The van der Waals surface area contributed by atoms with E-state index in [1.165, 1.54) is 7.11 Å². The molecule has 0 aromatic heterocycles. The number of carbonyl (C=O) groups excluding carboxylic acids is 1. The molecular formula is C14H24O4S. The summed E-state index contributed by atoms with van der Waals surface area (Å²) in [6, 6.07) is 0. The third kappa shape index (κ3) is 4.10. The van der Waals surface area contributed by atoms with Crippen molar-refractivity contribution < 1.29 is 19.0 Å². The minimum Gasteiger partial charge on any atom is -0.469 e. The molecule has 4 nitrogen and oxygen atoms in total. The maximum Gasteiger partial charge on any atom is 0.309 e. The fourth-order valence-electron chi connectivity index (χ4n) is 2.77. The zero-order valence-electron chi connectivity index (χ0n) is 11.9. The molecule has 0 aromatic rings. The lowest BCUT2D eigenvalue weighted by Gasteiger charge is -2.43. The summed E-state index contributed by atoms with van der Waals surface area (Å²) in [4.78, 5) is 11.4. The van der Waals surface area contributed by atoms with Crippen LogP contribution in [0.5, 0.6) is 0 Å². The van der Waals surface area contributed by atoms with Crippen LogP contribution in [0.2, 0.25) is 0 Å². The van der Waals surface area contributed by atoms with Gasteiger partial charge in [-0.25, -0.2) is 0 Å². The first-order chi connectivity index (χ1) is 9.15. The topological polar surface area (TPSA) is 44.8 Å². The van der Waals surface area contributed by atoms with Crippen LogP contribution in [0, 0.1) is 5.92 Å². The average Bonchev–Trinajstić information content (AvgIpc) is 2.45. The van der Waals surface area contributed by atoms with Crippen LogP contribution < -0.4 is 0 Å². The summed E-state index contributed by atoms with van der Waals surface area (Å²) >= 11 is 1.90. The van der Waals surface area contributed by atoms with E-state index < -0.39 is 0 Å². The Hall–Kier alpha value is -0.260. The highest BCUT2D eigenvalue weighted by molar-refractivity contribution is 7.99. The van der Waals surface area contributed by atoms with E-state index in [0.29, 0.717) is 5.25 Å². The van der Waals surface area contributed by atoms with Crippen LogP contribution in [0.3, 0.4) is 0 Å². The quantitative estimate of drug-likeness (QED) is 0.742. The Bertz CT molecular complexity index is 296. The van der Waals surface area contributed by atoms with Gasteiger partial charge in [-0.1, -0.05) is 6.92 Å². The van der Waals surface area contributed by atoms with Crippen molar-refractivity contribution in [2.24, 2.45) is 5.92 Å². The molecule has 2 fully saturated rings. The molecule has 2 saturated heterocycles. The summed E-state index contributed by atoms with van der Waals surface area (Å²) in [6.07, 6.45) is 4.20. The Labute approximate surface area is 119 Å². The summed E-state index contributed by atoms with van der Waals surface area (Å²) < 4.78 is 16.2. The Morgan fingerprint density at radius 1 is 1.42 bits per heavy atom. The summed E-state index contributed by atoms with van der Waals surface area (Å²) in [5.41, 5.74) is 0.0443. The van der Waals surface area contributed by atoms with Crippen LogP contribution in [0.1, 0.15) is 32.6 Å². The lowest BCUT2D eigenvalue weighted by molar-refractivity contribution is -0.143. The van der Waals surface area contributed by atoms with E-state index in [0.717, 1.165) is 51.3 Å². The minimum absolute atomic E-state index is 0.0246. The number of hydrogen-bond donors (Lipinski definition) is 0. The number of methoxy groups -OCH3 is 1. The number of esters is 1. The number of hydrogen-bond acceptors (Lipinski definition) is 5. The molecule has 0 N–H and O–H groups in total. The molecule has 0 radical (unpaired) electrons. The number of rotatable bonds is 4. The van der Waals surface area contributed by atoms with E-state index in [-0.39, 0.29) is 17.5 Å². The van der Waals surface area contributed by atoms with E-state index in [2.05, 4.69) is 0 Å². The zero-order chi connectivity index (χ0) is 13.7. The van der Waals surface area contributed by atoms with Crippen molar-refractivity contribution in [3.05, 3.63) is 0 Å². The van der Waals surface area contributed by atoms with Gasteiger partial charge < -0.3 is 14.2 Å². The van der Waals surface area contributed by atoms with Crippen LogP contribution in [-0.2, 0) is 19.0 Å². The second-order valence-corrected chi connectivity index (χ2v) is 6.85. The maximum atomic E-state index is 11.4. The number of thioether (sulfide) groups is 1. The van der Waals surface area contributed by atoms with Crippen LogP contribution in [-0.4, -0.2) is 49.5 Å². The van der Waals surface area contributed by atoms with Gasteiger partial charge >= 0.3 is 5.97 Å². The van der Waals surface area contributed by atoms with Gasteiger partial charge in [-0.3, -0.25) is 4.79 Å². The Balaban J connectivity index is 1.79. The fraction of sp³-hybridized carbons (Fsp3) is 0.929. The largest absolute Gasteiger partial charge is 0.469 e. The summed E-state index contributed by atoms with van der Waals surface area (Å²) in [5.74, 6) is 0.702. The van der Waals surface area contributed by atoms with E-state index in [1.54, 1.807) is 0 Å². The molecule has 110 valence electrons. The standard InChI is InChI=1S/C14H24O4S/c1-11(13(15)16-2)10-19-12-3-6-18-14(9-12)4-7-17-8-5-14/h11-12H,3-10H2,1-2H3. The third-order valence-electron chi connectivity index (χ3n) is 4.04. The Kier molecular flexibility index (Phi) is 5.54. The minimum atomic E-state index is -0.111. The molecular weight excluding hydrogens is 264 g/mol. The summed E-state index contributed by atoms with van der Waals surface area (Å²) in [7, 11) is 1.45. The second-order valence-electron chi connectivity index (χ2n) is 5.52. The first-order valence-corrected chi connectivity index (χ1v) is 8.11. The molecule has 2 rings (SSSR count). The first-order valence-electron chi connectivity index (χ1n) is 7.06. The van der Waals surface area contributed by atoms with Gasteiger partial charge in [0.25, 0.3) is 0 Å². The van der Waals surface area contributed by atoms with Crippen LogP contribution in [0.15, 0.2) is 0 Å². The number of ether oxygens (including phenoxy) is 3. The molecule has 0 aliphatic carbocycles. The molecule has 0 bridgehead atoms. The van der Waals surface area contributed by atoms with Gasteiger partial charge in [0.2, 0.25) is 0 Å².